The molecule has 0 bridgehead atoms. The first-order valence-electron chi connectivity index (χ1n) is 20.5. The van der Waals surface area contributed by atoms with Gasteiger partial charge in [0.1, 0.15) is 0 Å². The Labute approximate surface area is 349 Å². The maximum absolute atomic E-state index is 5.32. The second-order valence-electron chi connectivity index (χ2n) is 15.4. The van der Waals surface area contributed by atoms with Gasteiger partial charge in [-0.15, -0.1) is 0 Å². The second kappa shape index (κ2) is 15.1. The van der Waals surface area contributed by atoms with Crippen molar-refractivity contribution >= 4 is 32.6 Å². The summed E-state index contributed by atoms with van der Waals surface area (Å²) in [5, 5.41) is 4.52. The molecule has 0 fully saturated rings. The van der Waals surface area contributed by atoms with Crippen LogP contribution in [-0.2, 0) is 0 Å². The molecule has 0 atom stereocenters. The van der Waals surface area contributed by atoms with Gasteiger partial charge in [-0.05, 0) is 96.7 Å². The van der Waals surface area contributed by atoms with Crippen molar-refractivity contribution in [3.05, 3.63) is 231 Å². The van der Waals surface area contributed by atoms with E-state index in [1.807, 2.05) is 6.07 Å². The second-order valence-corrected chi connectivity index (χ2v) is 15.4. The minimum Gasteiger partial charge on any atom is -0.245 e. The van der Waals surface area contributed by atoms with Crippen molar-refractivity contribution in [3.63, 3.8) is 0 Å². The molecule has 2 aromatic heterocycles. The smallest absolute Gasteiger partial charge is 0.0972 e. The van der Waals surface area contributed by atoms with Crippen molar-refractivity contribution < 1.29 is 0 Å². The van der Waals surface area contributed by atoms with Gasteiger partial charge < -0.3 is 0 Å². The van der Waals surface area contributed by atoms with Crippen LogP contribution in [0, 0.1) is 0 Å². The quantitative estimate of drug-likeness (QED) is 0.151. The topological polar surface area (TPSA) is 25.8 Å². The van der Waals surface area contributed by atoms with Crippen LogP contribution >= 0.6 is 0 Å². The van der Waals surface area contributed by atoms with Crippen LogP contribution in [0.5, 0.6) is 0 Å². The van der Waals surface area contributed by atoms with Crippen molar-refractivity contribution in [1.29, 1.82) is 0 Å². The van der Waals surface area contributed by atoms with E-state index in [0.717, 1.165) is 44.3 Å². The molecule has 9 aromatic carbocycles. The van der Waals surface area contributed by atoms with E-state index in [0.29, 0.717) is 0 Å². The summed E-state index contributed by atoms with van der Waals surface area (Å²) in [6, 6.07) is 82.5. The summed E-state index contributed by atoms with van der Waals surface area (Å²) < 4.78 is 0. The van der Waals surface area contributed by atoms with Crippen LogP contribution in [0.2, 0.25) is 0 Å². The molecule has 2 heteroatoms. The zero-order valence-electron chi connectivity index (χ0n) is 32.8. The molecule has 11 aromatic rings. The summed E-state index contributed by atoms with van der Waals surface area (Å²) >= 11 is 0. The minimum absolute atomic E-state index is 0.912. The third-order valence-corrected chi connectivity index (χ3v) is 11.7. The minimum atomic E-state index is 0.912. The van der Waals surface area contributed by atoms with Gasteiger partial charge in [-0.25, -0.2) is 9.97 Å². The molecular formula is C58H38N2. The number of nitrogens with zero attached hydrogens (tertiary/aromatic N) is 2. The van der Waals surface area contributed by atoms with Gasteiger partial charge in [0.15, 0.2) is 0 Å². The lowest BCUT2D eigenvalue weighted by Crippen LogP contribution is -1.92. The lowest BCUT2D eigenvalue weighted by atomic mass is 9.91. The zero-order valence-corrected chi connectivity index (χ0v) is 32.8. The molecule has 0 saturated carbocycles. The highest BCUT2D eigenvalue weighted by molar-refractivity contribution is 6.07. The Morgan fingerprint density at radius 2 is 0.567 bits per heavy atom. The summed E-state index contributed by atoms with van der Waals surface area (Å²) in [5.74, 6) is 0. The highest BCUT2D eigenvalue weighted by Gasteiger charge is 2.14. The monoisotopic (exact) mass is 762 g/mol. The maximum Gasteiger partial charge on any atom is 0.0972 e. The van der Waals surface area contributed by atoms with E-state index in [-0.39, 0.29) is 0 Å². The van der Waals surface area contributed by atoms with Crippen molar-refractivity contribution in [3.8, 4) is 78.1 Å². The zero-order chi connectivity index (χ0) is 39.8. The molecule has 0 N–H and O–H groups in total. The Balaban J connectivity index is 0.958. The van der Waals surface area contributed by atoms with Gasteiger partial charge >= 0.3 is 0 Å². The number of hydrogen-bond acceptors (Lipinski definition) is 2. The summed E-state index contributed by atoms with van der Waals surface area (Å²) in [6.45, 7) is 0. The molecule has 0 unspecified atom stereocenters. The van der Waals surface area contributed by atoms with Gasteiger partial charge in [-0.3, -0.25) is 0 Å². The SMILES string of the molecule is c1ccc(-c2ccc(-c3cc(-c4ccccc4)cc(-c4ccc(-c5ccc(-c6ccc7ccc8ccc(-c9ccccc9)nc8c7n6)c6ccccc56)cc4)c3)cc2)cc1. The molecule has 0 aliphatic rings. The first-order valence-corrected chi connectivity index (χ1v) is 20.5. The van der Waals surface area contributed by atoms with Crippen LogP contribution in [0.4, 0.5) is 0 Å². The first-order chi connectivity index (χ1) is 29.7. The molecule has 2 nitrogen and oxygen atoms in total. The third-order valence-electron chi connectivity index (χ3n) is 11.7. The molecule has 0 amide bonds. The van der Waals surface area contributed by atoms with Crippen molar-refractivity contribution in [2.45, 2.75) is 0 Å². The predicted molar refractivity (Wildman–Crippen MR) is 253 cm³/mol. The molecule has 0 aliphatic carbocycles. The third kappa shape index (κ3) is 6.61. The Morgan fingerprint density at radius 3 is 1.10 bits per heavy atom. The summed E-state index contributed by atoms with van der Waals surface area (Å²) in [5.41, 5.74) is 17.9. The Hall–Kier alpha value is -7.94. The molecular weight excluding hydrogens is 725 g/mol. The molecule has 280 valence electrons. The Morgan fingerprint density at radius 1 is 0.217 bits per heavy atom. The maximum atomic E-state index is 5.32. The Bertz CT molecular complexity index is 3320. The van der Waals surface area contributed by atoms with Gasteiger partial charge in [-0.1, -0.05) is 200 Å². The van der Waals surface area contributed by atoms with Gasteiger partial charge in [0.2, 0.25) is 0 Å². The molecule has 60 heavy (non-hydrogen) atoms. The molecule has 0 radical (unpaired) electrons. The molecule has 0 saturated heterocycles. The predicted octanol–water partition coefficient (Wildman–Crippen LogP) is 15.6. The van der Waals surface area contributed by atoms with Crippen LogP contribution < -0.4 is 0 Å². The van der Waals surface area contributed by atoms with Gasteiger partial charge in [0.25, 0.3) is 0 Å². The fraction of sp³-hybridized carbons (Fsp3) is 0. The van der Waals surface area contributed by atoms with Crippen LogP contribution in [0.3, 0.4) is 0 Å². The average molecular weight is 763 g/mol. The van der Waals surface area contributed by atoms with Crippen molar-refractivity contribution in [1.82, 2.24) is 9.97 Å². The van der Waals surface area contributed by atoms with Gasteiger partial charge in [0.05, 0.1) is 22.4 Å². The number of aromatic nitrogens is 2. The van der Waals surface area contributed by atoms with E-state index in [1.54, 1.807) is 0 Å². The number of pyridine rings is 2. The normalized spacial score (nSPS) is 11.3. The summed E-state index contributed by atoms with van der Waals surface area (Å²) in [6.07, 6.45) is 0. The van der Waals surface area contributed by atoms with Gasteiger partial charge in [-0.2, -0.15) is 0 Å². The van der Waals surface area contributed by atoms with Gasteiger partial charge in [0, 0.05) is 21.9 Å². The number of benzene rings is 9. The van der Waals surface area contributed by atoms with Crippen LogP contribution in [0.25, 0.3) is 111 Å². The van der Waals surface area contributed by atoms with Crippen LogP contribution in [0.15, 0.2) is 231 Å². The number of fused-ring (bicyclic) bond motifs is 4. The lowest BCUT2D eigenvalue weighted by molar-refractivity contribution is 1.37. The Kier molecular flexibility index (Phi) is 8.87. The van der Waals surface area contributed by atoms with E-state index in [2.05, 4.69) is 224 Å². The van der Waals surface area contributed by atoms with E-state index >= 15 is 0 Å². The van der Waals surface area contributed by atoms with E-state index in [4.69, 9.17) is 9.97 Å². The number of hydrogen-bond donors (Lipinski definition) is 0. The van der Waals surface area contributed by atoms with Crippen LogP contribution in [0.1, 0.15) is 0 Å². The fourth-order valence-corrected chi connectivity index (χ4v) is 8.55. The molecule has 0 spiro atoms. The fourth-order valence-electron chi connectivity index (χ4n) is 8.55. The average Bonchev–Trinajstić information content (AvgIpc) is 3.34. The van der Waals surface area contributed by atoms with E-state index in [9.17, 15) is 0 Å². The standard InChI is InChI=1S/C58H38N2/c1-4-12-39(13-5-1)41-20-22-42(23-21-41)49-36-48(40-14-6-2-7-15-40)37-50(38-49)43-24-26-44(27-25-43)51-32-33-54(53-19-11-10-18-52(51)53)56-35-31-47-29-28-46-30-34-55(45-16-8-3-9-17-45)59-57(46)58(47)60-56/h1-38H. The lowest BCUT2D eigenvalue weighted by Gasteiger charge is -2.14. The molecule has 2 heterocycles. The van der Waals surface area contributed by atoms with E-state index < -0.39 is 0 Å². The summed E-state index contributed by atoms with van der Waals surface area (Å²) in [4.78, 5) is 10.5. The summed E-state index contributed by atoms with van der Waals surface area (Å²) in [7, 11) is 0. The van der Waals surface area contributed by atoms with Crippen molar-refractivity contribution in [2.75, 3.05) is 0 Å². The van der Waals surface area contributed by atoms with E-state index in [1.165, 1.54) is 66.4 Å². The highest BCUT2D eigenvalue weighted by Crippen LogP contribution is 2.39. The number of rotatable bonds is 7. The van der Waals surface area contributed by atoms with Crippen molar-refractivity contribution in [2.24, 2.45) is 0 Å². The molecule has 11 rings (SSSR count). The van der Waals surface area contributed by atoms with Crippen LogP contribution in [-0.4, -0.2) is 9.97 Å². The largest absolute Gasteiger partial charge is 0.245 e. The first kappa shape index (κ1) is 35.2. The molecule has 0 aliphatic heterocycles. The highest BCUT2D eigenvalue weighted by atomic mass is 14.8.